The van der Waals surface area contributed by atoms with Gasteiger partial charge in [-0.3, -0.25) is 4.79 Å². The molecule has 0 radical (unpaired) electrons. The van der Waals surface area contributed by atoms with Crippen LogP contribution in [0.3, 0.4) is 0 Å². The summed E-state index contributed by atoms with van der Waals surface area (Å²) in [5.41, 5.74) is 0.597. The molecule has 1 saturated carbocycles. The van der Waals surface area contributed by atoms with Crippen molar-refractivity contribution >= 4 is 27.7 Å². The van der Waals surface area contributed by atoms with Crippen LogP contribution < -0.4 is 10.6 Å². The lowest BCUT2D eigenvalue weighted by Crippen LogP contribution is -2.29. The van der Waals surface area contributed by atoms with E-state index in [0.717, 1.165) is 23.5 Å². The van der Waals surface area contributed by atoms with E-state index in [1.807, 2.05) is 13.0 Å². The summed E-state index contributed by atoms with van der Waals surface area (Å²) in [5, 5.41) is 6.12. The number of hydrogen-bond donors (Lipinski definition) is 2. The Morgan fingerprint density at radius 3 is 2.95 bits per heavy atom. The fraction of sp³-hybridized carbons (Fsp3) is 0.571. The predicted octanol–water partition coefficient (Wildman–Crippen LogP) is 3.05. The Morgan fingerprint density at radius 2 is 2.32 bits per heavy atom. The van der Waals surface area contributed by atoms with E-state index in [1.165, 1.54) is 12.8 Å². The van der Waals surface area contributed by atoms with Gasteiger partial charge in [0.15, 0.2) is 0 Å². The number of hydrogen-bond acceptors (Lipinski definition) is 3. The molecule has 0 aliphatic heterocycles. The molecule has 4 nitrogen and oxygen atoms in total. The van der Waals surface area contributed by atoms with Crippen molar-refractivity contribution < 1.29 is 4.79 Å². The molecular formula is C14H20BrN3O. The topological polar surface area (TPSA) is 54.0 Å². The minimum atomic E-state index is -0.0581. The highest BCUT2D eigenvalue weighted by atomic mass is 79.9. The summed E-state index contributed by atoms with van der Waals surface area (Å²) >= 11 is 3.36. The van der Waals surface area contributed by atoms with Gasteiger partial charge in [0.2, 0.25) is 0 Å². The first-order valence-electron chi connectivity index (χ1n) is 6.79. The second-order valence-electron chi connectivity index (χ2n) is 5.10. The van der Waals surface area contributed by atoms with Gasteiger partial charge in [0.05, 0.1) is 5.56 Å². The summed E-state index contributed by atoms with van der Waals surface area (Å²) in [6.45, 7) is 5.66. The number of anilines is 1. The van der Waals surface area contributed by atoms with Crippen LogP contribution in [0.1, 0.15) is 37.0 Å². The van der Waals surface area contributed by atoms with E-state index in [9.17, 15) is 4.79 Å². The Labute approximate surface area is 122 Å². The van der Waals surface area contributed by atoms with Gasteiger partial charge in [-0.1, -0.05) is 6.92 Å². The lowest BCUT2D eigenvalue weighted by Gasteiger charge is -2.13. The third-order valence-corrected chi connectivity index (χ3v) is 3.89. The van der Waals surface area contributed by atoms with Gasteiger partial charge in [-0.15, -0.1) is 0 Å². The molecule has 1 aromatic rings. The van der Waals surface area contributed by atoms with Crippen LogP contribution in [0, 0.1) is 11.8 Å². The van der Waals surface area contributed by atoms with E-state index < -0.39 is 0 Å². The molecule has 5 heteroatoms. The minimum absolute atomic E-state index is 0.0581. The molecule has 1 unspecified atom stereocenters. The first kappa shape index (κ1) is 14.3. The van der Waals surface area contributed by atoms with Crippen molar-refractivity contribution in [2.75, 3.05) is 18.4 Å². The van der Waals surface area contributed by atoms with E-state index >= 15 is 0 Å². The van der Waals surface area contributed by atoms with Crippen molar-refractivity contribution in [3.05, 3.63) is 22.3 Å². The molecule has 0 saturated heterocycles. The number of nitrogens with zero attached hydrogens (tertiary/aromatic N) is 1. The smallest absolute Gasteiger partial charge is 0.255 e. The molecule has 2 N–H and O–H groups in total. The van der Waals surface area contributed by atoms with Crippen LogP contribution in [-0.4, -0.2) is 24.0 Å². The zero-order valence-electron chi connectivity index (χ0n) is 11.4. The van der Waals surface area contributed by atoms with Crippen molar-refractivity contribution in [1.29, 1.82) is 0 Å². The molecule has 0 bridgehead atoms. The van der Waals surface area contributed by atoms with Crippen LogP contribution in [0.5, 0.6) is 0 Å². The first-order chi connectivity index (χ1) is 9.11. The summed E-state index contributed by atoms with van der Waals surface area (Å²) in [6.07, 6.45) is 4.30. The first-order valence-corrected chi connectivity index (χ1v) is 7.58. The lowest BCUT2D eigenvalue weighted by atomic mass is 10.1. The van der Waals surface area contributed by atoms with Crippen molar-refractivity contribution in [2.45, 2.75) is 26.7 Å². The van der Waals surface area contributed by atoms with Gasteiger partial charge in [0.25, 0.3) is 5.91 Å². The highest BCUT2D eigenvalue weighted by molar-refractivity contribution is 9.10. The molecule has 1 aliphatic rings. The second-order valence-corrected chi connectivity index (χ2v) is 6.02. The van der Waals surface area contributed by atoms with Crippen LogP contribution in [-0.2, 0) is 0 Å². The highest BCUT2D eigenvalue weighted by Crippen LogP contribution is 2.36. The van der Waals surface area contributed by atoms with Crippen LogP contribution in [0.25, 0.3) is 0 Å². The van der Waals surface area contributed by atoms with E-state index in [1.54, 1.807) is 6.20 Å². The minimum Gasteiger partial charge on any atom is -0.370 e. The molecule has 0 spiro atoms. The molecule has 0 aromatic carbocycles. The summed E-state index contributed by atoms with van der Waals surface area (Å²) < 4.78 is 0.814. The number of carbonyl (C=O) groups is 1. The van der Waals surface area contributed by atoms with Crippen LogP contribution >= 0.6 is 15.9 Å². The zero-order valence-corrected chi connectivity index (χ0v) is 13.0. The maximum absolute atomic E-state index is 12.2. The van der Waals surface area contributed by atoms with E-state index in [-0.39, 0.29) is 5.91 Å². The van der Waals surface area contributed by atoms with E-state index in [2.05, 4.69) is 38.5 Å². The Kier molecular flexibility index (Phi) is 4.80. The van der Waals surface area contributed by atoms with Crippen molar-refractivity contribution in [3.63, 3.8) is 0 Å². The average Bonchev–Trinajstić information content (AvgIpc) is 3.22. The van der Waals surface area contributed by atoms with Gasteiger partial charge in [-0.2, -0.15) is 0 Å². The fourth-order valence-electron chi connectivity index (χ4n) is 2.10. The number of amides is 1. The van der Waals surface area contributed by atoms with Gasteiger partial charge >= 0.3 is 0 Å². The predicted molar refractivity (Wildman–Crippen MR) is 80.3 cm³/mol. The van der Waals surface area contributed by atoms with Gasteiger partial charge in [0.1, 0.15) is 5.82 Å². The van der Waals surface area contributed by atoms with E-state index in [0.29, 0.717) is 17.3 Å². The van der Waals surface area contributed by atoms with Crippen LogP contribution in [0.4, 0.5) is 5.82 Å². The standard InChI is InChI=1S/C14H20BrN3O/c1-3-16-13-12(6-11(15)8-17-13)14(19)18-7-9(2)10-4-5-10/h6,8-10H,3-5,7H2,1-2H3,(H,16,17)(H,18,19). The Balaban J connectivity index is 2.01. The number of nitrogens with one attached hydrogen (secondary N) is 2. The Morgan fingerprint density at radius 1 is 1.58 bits per heavy atom. The molecule has 1 aliphatic carbocycles. The normalized spacial score (nSPS) is 15.9. The fourth-order valence-corrected chi connectivity index (χ4v) is 2.43. The molecule has 104 valence electrons. The van der Waals surface area contributed by atoms with Crippen LogP contribution in [0.2, 0.25) is 0 Å². The monoisotopic (exact) mass is 325 g/mol. The van der Waals surface area contributed by atoms with Gasteiger partial charge in [-0.25, -0.2) is 4.98 Å². The molecule has 1 aromatic heterocycles. The van der Waals surface area contributed by atoms with Crippen molar-refractivity contribution in [2.24, 2.45) is 11.8 Å². The largest absolute Gasteiger partial charge is 0.370 e. The van der Waals surface area contributed by atoms with Crippen LogP contribution in [0.15, 0.2) is 16.7 Å². The second kappa shape index (κ2) is 6.37. The number of pyridine rings is 1. The maximum Gasteiger partial charge on any atom is 0.255 e. The molecule has 1 heterocycles. The molecule has 1 fully saturated rings. The summed E-state index contributed by atoms with van der Waals surface area (Å²) in [4.78, 5) is 16.5. The van der Waals surface area contributed by atoms with Gasteiger partial charge in [0, 0.05) is 23.8 Å². The van der Waals surface area contributed by atoms with Crippen molar-refractivity contribution in [1.82, 2.24) is 10.3 Å². The summed E-state index contributed by atoms with van der Waals surface area (Å²) in [6, 6.07) is 1.81. The Bertz CT molecular complexity index is 460. The quantitative estimate of drug-likeness (QED) is 0.845. The number of aromatic nitrogens is 1. The third-order valence-electron chi connectivity index (χ3n) is 3.45. The van der Waals surface area contributed by atoms with E-state index in [4.69, 9.17) is 0 Å². The zero-order chi connectivity index (χ0) is 13.8. The van der Waals surface area contributed by atoms with Gasteiger partial charge < -0.3 is 10.6 Å². The molecule has 1 amide bonds. The average molecular weight is 326 g/mol. The SMILES string of the molecule is CCNc1ncc(Br)cc1C(=O)NCC(C)C1CC1. The van der Waals surface area contributed by atoms with Gasteiger partial charge in [-0.05, 0) is 53.6 Å². The highest BCUT2D eigenvalue weighted by Gasteiger charge is 2.28. The Hall–Kier alpha value is -1.10. The maximum atomic E-state index is 12.2. The molecule has 19 heavy (non-hydrogen) atoms. The molecular weight excluding hydrogens is 306 g/mol. The lowest BCUT2D eigenvalue weighted by molar-refractivity contribution is 0.0947. The van der Waals surface area contributed by atoms with Crippen molar-refractivity contribution in [3.8, 4) is 0 Å². The number of carbonyl (C=O) groups excluding carboxylic acids is 1. The number of halogens is 1. The number of rotatable bonds is 6. The molecule has 1 atom stereocenters. The third kappa shape index (κ3) is 3.93. The molecule has 2 rings (SSSR count). The summed E-state index contributed by atoms with van der Waals surface area (Å²) in [5.74, 6) is 1.94. The summed E-state index contributed by atoms with van der Waals surface area (Å²) in [7, 11) is 0.